The van der Waals surface area contributed by atoms with Gasteiger partial charge in [0.2, 0.25) is 0 Å². The second-order valence-corrected chi connectivity index (χ2v) is 3.86. The summed E-state index contributed by atoms with van der Waals surface area (Å²) >= 11 is 3.04. The lowest BCUT2D eigenvalue weighted by atomic mass is 9.99. The van der Waals surface area contributed by atoms with Crippen molar-refractivity contribution >= 4 is 15.9 Å². The number of nitrogens with two attached hydrogens (primary N) is 1. The van der Waals surface area contributed by atoms with Crippen LogP contribution in [0.4, 0.5) is 4.39 Å². The van der Waals surface area contributed by atoms with Crippen LogP contribution in [0.2, 0.25) is 0 Å². The van der Waals surface area contributed by atoms with E-state index in [2.05, 4.69) is 15.9 Å². The molecule has 0 bridgehead atoms. The van der Waals surface area contributed by atoms with Crippen LogP contribution in [0.3, 0.4) is 0 Å². The van der Waals surface area contributed by atoms with Gasteiger partial charge < -0.3 is 15.9 Å². The summed E-state index contributed by atoms with van der Waals surface area (Å²) in [4.78, 5) is 0. The molecule has 4 N–H and O–H groups in total. The van der Waals surface area contributed by atoms with Crippen molar-refractivity contribution in [3.05, 3.63) is 35.1 Å². The predicted molar refractivity (Wildman–Crippen MR) is 59.1 cm³/mol. The number of benzene rings is 1. The minimum absolute atomic E-state index is 0.196. The van der Waals surface area contributed by atoms with Gasteiger partial charge in [0.1, 0.15) is 11.9 Å². The summed E-state index contributed by atoms with van der Waals surface area (Å²) in [6, 6.07) is 3.98. The van der Waals surface area contributed by atoms with E-state index < -0.39 is 18.0 Å². The van der Waals surface area contributed by atoms with Gasteiger partial charge in [-0.2, -0.15) is 0 Å². The summed E-state index contributed by atoms with van der Waals surface area (Å²) in [6.07, 6.45) is -2.10. The molecule has 0 aromatic heterocycles. The molecule has 0 aliphatic heterocycles. The number of halogens is 2. The number of hydrogen-bond donors (Lipinski definition) is 3. The molecule has 1 rings (SSSR count). The van der Waals surface area contributed by atoms with Crippen LogP contribution in [0.25, 0.3) is 0 Å². The van der Waals surface area contributed by atoms with E-state index in [1.54, 1.807) is 0 Å². The highest BCUT2D eigenvalue weighted by atomic mass is 79.9. The van der Waals surface area contributed by atoms with E-state index in [1.165, 1.54) is 18.2 Å². The first kappa shape index (κ1) is 12.6. The minimum atomic E-state index is -1.13. The molecule has 1 aromatic carbocycles. The molecule has 0 aliphatic rings. The van der Waals surface area contributed by atoms with Crippen LogP contribution in [0, 0.1) is 5.82 Å². The van der Waals surface area contributed by atoms with Crippen molar-refractivity contribution in [1.82, 2.24) is 0 Å². The Morgan fingerprint density at radius 2 is 2.07 bits per heavy atom. The summed E-state index contributed by atoms with van der Waals surface area (Å²) in [5.41, 5.74) is 6.42. The molecular weight excluding hydrogens is 265 g/mol. The highest BCUT2D eigenvalue weighted by Gasteiger charge is 2.20. The first-order chi connectivity index (χ1) is 7.10. The van der Waals surface area contributed by atoms with Crippen molar-refractivity contribution in [2.45, 2.75) is 18.8 Å². The zero-order chi connectivity index (χ0) is 11.4. The van der Waals surface area contributed by atoms with Crippen molar-refractivity contribution in [2.75, 3.05) is 5.33 Å². The van der Waals surface area contributed by atoms with E-state index >= 15 is 0 Å². The molecule has 0 aliphatic carbocycles. The summed E-state index contributed by atoms with van der Waals surface area (Å²) in [5, 5.41) is 19.4. The van der Waals surface area contributed by atoms with E-state index in [0.29, 0.717) is 11.1 Å². The zero-order valence-electron chi connectivity index (χ0n) is 8.03. The van der Waals surface area contributed by atoms with E-state index in [0.717, 1.165) is 0 Å². The minimum Gasteiger partial charge on any atom is -0.389 e. The number of aliphatic hydroxyl groups is 2. The molecule has 0 amide bonds. The molecule has 15 heavy (non-hydrogen) atoms. The van der Waals surface area contributed by atoms with Crippen molar-refractivity contribution in [2.24, 2.45) is 5.73 Å². The molecule has 0 spiro atoms. The standard InChI is InChI=1S/C10H13BrFNO2/c11-4-9(14)10(15)8-3-7(12)2-1-6(8)5-13/h1-3,9-10,14-15H,4-5,13H2. The maximum absolute atomic E-state index is 13.0. The van der Waals surface area contributed by atoms with Gasteiger partial charge in [0, 0.05) is 11.9 Å². The van der Waals surface area contributed by atoms with Crippen molar-refractivity contribution in [3.63, 3.8) is 0 Å². The summed E-state index contributed by atoms with van der Waals surface area (Å²) < 4.78 is 13.0. The number of rotatable bonds is 4. The average molecular weight is 278 g/mol. The molecule has 1 aromatic rings. The molecule has 0 radical (unpaired) electrons. The summed E-state index contributed by atoms with van der Waals surface area (Å²) in [6.45, 7) is 0.196. The van der Waals surface area contributed by atoms with Crippen LogP contribution in [0.15, 0.2) is 18.2 Å². The van der Waals surface area contributed by atoms with Gasteiger partial charge in [-0.25, -0.2) is 4.39 Å². The first-order valence-corrected chi connectivity index (χ1v) is 5.62. The summed E-state index contributed by atoms with van der Waals surface area (Å²) in [7, 11) is 0. The Kier molecular flexibility index (Phi) is 4.66. The third-order valence-electron chi connectivity index (χ3n) is 2.17. The Bertz CT molecular complexity index is 335. The molecule has 2 unspecified atom stereocenters. The van der Waals surface area contributed by atoms with Gasteiger partial charge in [0.05, 0.1) is 6.10 Å². The number of hydrogen-bond acceptors (Lipinski definition) is 3. The quantitative estimate of drug-likeness (QED) is 0.722. The van der Waals surface area contributed by atoms with E-state index in [4.69, 9.17) is 5.73 Å². The topological polar surface area (TPSA) is 66.5 Å². The monoisotopic (exact) mass is 277 g/mol. The lowest BCUT2D eigenvalue weighted by molar-refractivity contribution is 0.0335. The largest absolute Gasteiger partial charge is 0.389 e. The highest BCUT2D eigenvalue weighted by molar-refractivity contribution is 9.09. The van der Waals surface area contributed by atoms with Gasteiger partial charge in [0.15, 0.2) is 0 Å². The van der Waals surface area contributed by atoms with Gasteiger partial charge in [-0.05, 0) is 23.3 Å². The Morgan fingerprint density at radius 3 is 2.60 bits per heavy atom. The Labute approximate surface area is 95.9 Å². The van der Waals surface area contributed by atoms with Gasteiger partial charge in [-0.1, -0.05) is 22.0 Å². The average Bonchev–Trinajstić information content (AvgIpc) is 2.27. The number of aliphatic hydroxyl groups excluding tert-OH is 2. The van der Waals surface area contributed by atoms with Crippen molar-refractivity contribution < 1.29 is 14.6 Å². The molecule has 0 fully saturated rings. The van der Waals surface area contributed by atoms with Crippen molar-refractivity contribution in [3.8, 4) is 0 Å². The molecule has 0 heterocycles. The van der Waals surface area contributed by atoms with E-state index in [1.807, 2.05) is 0 Å². The summed E-state index contributed by atoms with van der Waals surface area (Å²) in [5.74, 6) is -0.456. The smallest absolute Gasteiger partial charge is 0.123 e. The van der Waals surface area contributed by atoms with E-state index in [-0.39, 0.29) is 11.9 Å². The highest BCUT2D eigenvalue weighted by Crippen LogP contribution is 2.23. The third-order valence-corrected chi connectivity index (χ3v) is 2.83. The predicted octanol–water partition coefficient (Wildman–Crippen LogP) is 1.07. The van der Waals surface area contributed by atoms with Crippen LogP contribution in [0.1, 0.15) is 17.2 Å². The molecule has 5 heteroatoms. The van der Waals surface area contributed by atoms with Gasteiger partial charge >= 0.3 is 0 Å². The van der Waals surface area contributed by atoms with E-state index in [9.17, 15) is 14.6 Å². The fraction of sp³-hybridized carbons (Fsp3) is 0.400. The van der Waals surface area contributed by atoms with Crippen molar-refractivity contribution in [1.29, 1.82) is 0 Å². The Morgan fingerprint density at radius 1 is 1.40 bits per heavy atom. The molecule has 3 nitrogen and oxygen atoms in total. The van der Waals surface area contributed by atoms with Crippen LogP contribution in [-0.2, 0) is 6.54 Å². The zero-order valence-corrected chi connectivity index (χ0v) is 9.61. The van der Waals surface area contributed by atoms with Crippen LogP contribution in [-0.4, -0.2) is 21.6 Å². The second kappa shape index (κ2) is 5.55. The molecule has 84 valence electrons. The maximum Gasteiger partial charge on any atom is 0.123 e. The Balaban J connectivity index is 3.05. The normalized spacial score (nSPS) is 15.0. The van der Waals surface area contributed by atoms with Gasteiger partial charge in [-0.3, -0.25) is 0 Å². The molecule has 2 atom stereocenters. The van der Waals surface area contributed by atoms with Crippen LogP contribution >= 0.6 is 15.9 Å². The third kappa shape index (κ3) is 2.98. The van der Waals surface area contributed by atoms with Crippen LogP contribution in [0.5, 0.6) is 0 Å². The molecular formula is C10H13BrFNO2. The lowest BCUT2D eigenvalue weighted by Crippen LogP contribution is -2.21. The Hall–Kier alpha value is -0.490. The number of alkyl halides is 1. The molecule has 0 saturated heterocycles. The maximum atomic E-state index is 13.0. The fourth-order valence-electron chi connectivity index (χ4n) is 1.32. The molecule has 0 saturated carbocycles. The first-order valence-electron chi connectivity index (χ1n) is 4.50. The lowest BCUT2D eigenvalue weighted by Gasteiger charge is -2.18. The second-order valence-electron chi connectivity index (χ2n) is 3.21. The van der Waals surface area contributed by atoms with Gasteiger partial charge in [-0.15, -0.1) is 0 Å². The van der Waals surface area contributed by atoms with Gasteiger partial charge in [0.25, 0.3) is 0 Å². The fourth-order valence-corrected chi connectivity index (χ4v) is 1.67. The SMILES string of the molecule is NCc1ccc(F)cc1C(O)C(O)CBr. The van der Waals surface area contributed by atoms with Crippen LogP contribution < -0.4 is 5.73 Å².